The van der Waals surface area contributed by atoms with Gasteiger partial charge in [-0.15, -0.1) is 0 Å². The van der Waals surface area contributed by atoms with Crippen molar-refractivity contribution in [3.63, 3.8) is 0 Å². The van der Waals surface area contributed by atoms with Crippen LogP contribution in [0, 0.1) is 5.92 Å². The summed E-state index contributed by atoms with van der Waals surface area (Å²) >= 11 is 0. The lowest BCUT2D eigenvalue weighted by Gasteiger charge is -2.21. The number of nitrogens with one attached hydrogen (secondary N) is 1. The van der Waals surface area contributed by atoms with Crippen LogP contribution in [0.2, 0.25) is 0 Å². The molecule has 1 fully saturated rings. The van der Waals surface area contributed by atoms with Gasteiger partial charge in [0.15, 0.2) is 0 Å². The van der Waals surface area contributed by atoms with Crippen LogP contribution in [0.25, 0.3) is 0 Å². The second-order valence-electron chi connectivity index (χ2n) is 5.36. The third-order valence-electron chi connectivity index (χ3n) is 4.14. The van der Waals surface area contributed by atoms with E-state index in [0.29, 0.717) is 11.6 Å². The molecule has 0 saturated heterocycles. The maximum absolute atomic E-state index is 11.7. The molecule has 0 amide bonds. The van der Waals surface area contributed by atoms with Crippen LogP contribution in [0.3, 0.4) is 0 Å². The number of hydrogen-bond acceptors (Lipinski definition) is 3. The molecule has 19 heavy (non-hydrogen) atoms. The molecule has 0 radical (unpaired) electrons. The maximum Gasteiger partial charge on any atom is 0.338 e. The molecular formula is C16H23NO2. The first-order chi connectivity index (χ1) is 9.22. The van der Waals surface area contributed by atoms with E-state index < -0.39 is 0 Å². The van der Waals surface area contributed by atoms with E-state index in [-0.39, 0.29) is 5.97 Å². The van der Waals surface area contributed by atoms with Crippen molar-refractivity contribution in [1.82, 2.24) is 5.32 Å². The number of carbonyl (C=O) groups excluding carboxylic acids is 1. The van der Waals surface area contributed by atoms with Crippen LogP contribution in [0.1, 0.15) is 48.5 Å². The Balaban J connectivity index is 1.97. The van der Waals surface area contributed by atoms with Crippen molar-refractivity contribution in [1.29, 1.82) is 0 Å². The molecule has 1 aliphatic rings. The highest BCUT2D eigenvalue weighted by atomic mass is 16.5. The van der Waals surface area contributed by atoms with E-state index in [1.165, 1.54) is 32.8 Å². The average molecular weight is 261 g/mol. The molecule has 1 N–H and O–H groups in total. The van der Waals surface area contributed by atoms with E-state index in [2.05, 4.69) is 12.2 Å². The van der Waals surface area contributed by atoms with Gasteiger partial charge >= 0.3 is 5.97 Å². The minimum atomic E-state index is -0.258. The summed E-state index contributed by atoms with van der Waals surface area (Å²) in [6, 6.07) is 8.15. The van der Waals surface area contributed by atoms with Crippen LogP contribution in [0.4, 0.5) is 0 Å². The van der Waals surface area contributed by atoms with Gasteiger partial charge in [-0.3, -0.25) is 0 Å². The number of esters is 1. The first-order valence-corrected chi connectivity index (χ1v) is 7.12. The largest absolute Gasteiger partial charge is 0.465 e. The normalized spacial score (nSPS) is 17.4. The molecule has 1 aromatic rings. The van der Waals surface area contributed by atoms with Gasteiger partial charge in [0.25, 0.3) is 0 Å². The quantitative estimate of drug-likeness (QED) is 0.827. The highest BCUT2D eigenvalue weighted by Crippen LogP contribution is 2.27. The first kappa shape index (κ1) is 14.1. The van der Waals surface area contributed by atoms with Crippen LogP contribution in [-0.4, -0.2) is 19.1 Å². The van der Waals surface area contributed by atoms with Gasteiger partial charge in [0.05, 0.1) is 12.7 Å². The van der Waals surface area contributed by atoms with Crippen molar-refractivity contribution in [3.8, 4) is 0 Å². The molecule has 1 aromatic carbocycles. The predicted octanol–water partition coefficient (Wildman–Crippen LogP) is 3.14. The monoisotopic (exact) mass is 261 g/mol. The summed E-state index contributed by atoms with van der Waals surface area (Å²) in [4.78, 5) is 11.7. The van der Waals surface area contributed by atoms with Crippen LogP contribution in [0.5, 0.6) is 0 Å². The smallest absolute Gasteiger partial charge is 0.338 e. The average Bonchev–Trinajstić information content (AvgIpc) is 2.98. The summed E-state index contributed by atoms with van der Waals surface area (Å²) in [6.45, 7) is 2.97. The van der Waals surface area contributed by atoms with Crippen LogP contribution in [0.15, 0.2) is 24.3 Å². The number of carbonyl (C=O) groups is 1. The fourth-order valence-electron chi connectivity index (χ4n) is 2.88. The van der Waals surface area contributed by atoms with Gasteiger partial charge in [-0.25, -0.2) is 4.79 Å². The topological polar surface area (TPSA) is 38.3 Å². The molecule has 0 aromatic heterocycles. The number of ether oxygens (including phenoxy) is 1. The molecule has 104 valence electrons. The first-order valence-electron chi connectivity index (χ1n) is 7.12. The fraction of sp³-hybridized carbons (Fsp3) is 0.562. The third-order valence-corrected chi connectivity index (χ3v) is 4.14. The zero-order valence-corrected chi connectivity index (χ0v) is 11.8. The molecule has 0 heterocycles. The second kappa shape index (κ2) is 6.71. The maximum atomic E-state index is 11.7. The molecule has 3 nitrogen and oxygen atoms in total. The molecule has 1 aliphatic carbocycles. The van der Waals surface area contributed by atoms with Crippen LogP contribution in [-0.2, 0) is 11.3 Å². The lowest BCUT2D eigenvalue weighted by Crippen LogP contribution is -2.32. The van der Waals surface area contributed by atoms with Gasteiger partial charge < -0.3 is 10.1 Å². The van der Waals surface area contributed by atoms with Crippen molar-refractivity contribution in [3.05, 3.63) is 35.4 Å². The molecule has 2 rings (SSSR count). The Morgan fingerprint density at radius 3 is 2.74 bits per heavy atom. The molecule has 1 saturated carbocycles. The van der Waals surface area contributed by atoms with Crippen molar-refractivity contribution in [2.24, 2.45) is 5.92 Å². The number of methoxy groups -OCH3 is 1. The van der Waals surface area contributed by atoms with Crippen molar-refractivity contribution >= 4 is 5.97 Å². The summed E-state index contributed by atoms with van der Waals surface area (Å²) in [7, 11) is 1.42. The van der Waals surface area contributed by atoms with E-state index in [1.807, 2.05) is 24.3 Å². The Morgan fingerprint density at radius 2 is 2.05 bits per heavy atom. The SMILES string of the molecule is COC(=O)c1ccccc1CN[C@H](C)C1CCCC1. The molecule has 3 heteroatoms. The molecule has 0 bridgehead atoms. The second-order valence-corrected chi connectivity index (χ2v) is 5.36. The van der Waals surface area contributed by atoms with Gasteiger partial charge in [0.1, 0.15) is 0 Å². The summed E-state index contributed by atoms with van der Waals surface area (Å²) in [5.41, 5.74) is 1.68. The third kappa shape index (κ3) is 3.57. The Hall–Kier alpha value is -1.35. The molecule has 0 aliphatic heterocycles. The highest BCUT2D eigenvalue weighted by Gasteiger charge is 2.21. The molecule has 0 spiro atoms. The fourth-order valence-corrected chi connectivity index (χ4v) is 2.88. The Labute approximate surface area is 115 Å². The summed E-state index contributed by atoms with van der Waals surface area (Å²) in [5.74, 6) is 0.524. The predicted molar refractivity (Wildman–Crippen MR) is 76.0 cm³/mol. The Kier molecular flexibility index (Phi) is 4.97. The van der Waals surface area contributed by atoms with E-state index in [1.54, 1.807) is 0 Å². The standard InChI is InChI=1S/C16H23NO2/c1-12(13-7-3-4-8-13)17-11-14-9-5-6-10-15(14)16(18)19-2/h5-6,9-10,12-13,17H,3-4,7-8,11H2,1-2H3/t12-/m1/s1. The van der Waals surface area contributed by atoms with Gasteiger partial charge in [0, 0.05) is 12.6 Å². The Morgan fingerprint density at radius 1 is 1.37 bits per heavy atom. The van der Waals surface area contributed by atoms with Crippen molar-refractivity contribution in [2.75, 3.05) is 7.11 Å². The number of rotatable bonds is 5. The van der Waals surface area contributed by atoms with Crippen LogP contribution < -0.4 is 5.32 Å². The minimum absolute atomic E-state index is 0.258. The van der Waals surface area contributed by atoms with Crippen molar-refractivity contribution in [2.45, 2.75) is 45.2 Å². The summed E-state index contributed by atoms with van der Waals surface area (Å²) in [6.07, 6.45) is 5.37. The van der Waals surface area contributed by atoms with E-state index >= 15 is 0 Å². The summed E-state index contributed by atoms with van der Waals surface area (Å²) < 4.78 is 4.82. The lowest BCUT2D eigenvalue weighted by molar-refractivity contribution is 0.0599. The summed E-state index contributed by atoms with van der Waals surface area (Å²) in [5, 5.41) is 3.55. The zero-order chi connectivity index (χ0) is 13.7. The van der Waals surface area contributed by atoms with Crippen molar-refractivity contribution < 1.29 is 9.53 Å². The van der Waals surface area contributed by atoms with Gasteiger partial charge in [0.2, 0.25) is 0 Å². The minimum Gasteiger partial charge on any atom is -0.465 e. The van der Waals surface area contributed by atoms with E-state index in [4.69, 9.17) is 4.74 Å². The van der Waals surface area contributed by atoms with Gasteiger partial charge in [-0.1, -0.05) is 31.0 Å². The Bertz CT molecular complexity index is 425. The van der Waals surface area contributed by atoms with Gasteiger partial charge in [-0.05, 0) is 37.3 Å². The van der Waals surface area contributed by atoms with E-state index in [9.17, 15) is 4.79 Å². The highest BCUT2D eigenvalue weighted by molar-refractivity contribution is 5.90. The van der Waals surface area contributed by atoms with E-state index in [0.717, 1.165) is 18.0 Å². The number of hydrogen-bond donors (Lipinski definition) is 1. The zero-order valence-electron chi connectivity index (χ0n) is 11.8. The van der Waals surface area contributed by atoms with Gasteiger partial charge in [-0.2, -0.15) is 0 Å². The molecule has 0 unspecified atom stereocenters. The molecule has 1 atom stereocenters. The molecular weight excluding hydrogens is 238 g/mol. The van der Waals surface area contributed by atoms with Crippen LogP contribution >= 0.6 is 0 Å². The lowest BCUT2D eigenvalue weighted by atomic mass is 9.99. The number of benzene rings is 1.